The maximum atomic E-state index is 13.0. The number of nitro groups is 1. The Morgan fingerprint density at radius 1 is 1.21 bits per heavy atom. The molecule has 1 amide bonds. The predicted molar refractivity (Wildman–Crippen MR) is 131 cm³/mol. The highest BCUT2D eigenvalue weighted by Crippen LogP contribution is 2.39. The van der Waals surface area contributed by atoms with Crippen molar-refractivity contribution >= 4 is 56.1 Å². The van der Waals surface area contributed by atoms with E-state index in [1.807, 2.05) is 6.07 Å². The van der Waals surface area contributed by atoms with Gasteiger partial charge in [0.2, 0.25) is 0 Å². The van der Waals surface area contributed by atoms with Crippen LogP contribution in [0.4, 0.5) is 17.1 Å². The second-order valence-corrected chi connectivity index (χ2v) is 9.42. The smallest absolute Gasteiger partial charge is 0.271 e. The number of fused-ring (bicyclic) bond motifs is 2. The summed E-state index contributed by atoms with van der Waals surface area (Å²) in [4.78, 5) is 29.3. The topological polar surface area (TPSA) is 111 Å². The third kappa shape index (κ3) is 4.03. The molecule has 0 spiro atoms. The maximum absolute atomic E-state index is 13.0. The molecule has 0 saturated carbocycles. The lowest BCUT2D eigenvalue weighted by atomic mass is 9.82. The summed E-state index contributed by atoms with van der Waals surface area (Å²) in [5.74, 6) is -0.0466. The third-order valence-corrected chi connectivity index (χ3v) is 7.42. The van der Waals surface area contributed by atoms with Crippen molar-refractivity contribution in [3.8, 4) is 0 Å². The molecule has 1 unspecified atom stereocenters. The van der Waals surface area contributed by atoms with Crippen molar-refractivity contribution in [3.63, 3.8) is 0 Å². The Bertz CT molecular complexity index is 1400. The van der Waals surface area contributed by atoms with E-state index in [1.54, 1.807) is 0 Å². The molecular formula is C24H19ClN4O3S. The zero-order valence-corrected chi connectivity index (χ0v) is 18.9. The number of non-ortho nitro benzene ring substituents is 1. The summed E-state index contributed by atoms with van der Waals surface area (Å²) >= 11 is 7.34. The average Bonchev–Trinajstić information content (AvgIpc) is 3.14. The highest BCUT2D eigenvalue weighted by atomic mass is 35.5. The van der Waals surface area contributed by atoms with Gasteiger partial charge in [0.15, 0.2) is 0 Å². The lowest BCUT2D eigenvalue weighted by molar-refractivity contribution is -0.384. The van der Waals surface area contributed by atoms with Gasteiger partial charge in [0.25, 0.3) is 11.6 Å². The number of nitro benzene ring substituents is 1. The van der Waals surface area contributed by atoms with Crippen LogP contribution in [0.5, 0.6) is 0 Å². The number of nitrogen functional groups attached to an aromatic ring is 1. The molecule has 2 aromatic carbocycles. The number of halogens is 1. The molecule has 3 N–H and O–H groups in total. The fourth-order valence-electron chi connectivity index (χ4n) is 4.27. The molecule has 7 nitrogen and oxygen atoms in total. The molecule has 0 bridgehead atoms. The van der Waals surface area contributed by atoms with Crippen LogP contribution < -0.4 is 11.1 Å². The summed E-state index contributed by atoms with van der Waals surface area (Å²) in [6.07, 6.45) is 2.77. The molecular weight excluding hydrogens is 460 g/mol. The Labute approximate surface area is 198 Å². The van der Waals surface area contributed by atoms with Crippen LogP contribution in [0.15, 0.2) is 54.6 Å². The van der Waals surface area contributed by atoms with Gasteiger partial charge in [0.1, 0.15) is 9.71 Å². The number of aryl methyl sites for hydroxylation is 1. The molecule has 5 rings (SSSR count). The molecule has 1 atom stereocenters. The van der Waals surface area contributed by atoms with E-state index >= 15 is 0 Å². The summed E-state index contributed by atoms with van der Waals surface area (Å²) in [5, 5.41) is 14.7. The van der Waals surface area contributed by atoms with E-state index in [0.29, 0.717) is 21.3 Å². The number of thiophene rings is 1. The number of nitrogens with two attached hydrogens (primary N) is 1. The van der Waals surface area contributed by atoms with Gasteiger partial charge in [-0.15, -0.1) is 11.3 Å². The van der Waals surface area contributed by atoms with Gasteiger partial charge in [-0.3, -0.25) is 14.9 Å². The zero-order valence-electron chi connectivity index (χ0n) is 17.4. The van der Waals surface area contributed by atoms with Crippen molar-refractivity contribution < 1.29 is 9.72 Å². The van der Waals surface area contributed by atoms with Crippen molar-refractivity contribution in [1.29, 1.82) is 0 Å². The Morgan fingerprint density at radius 3 is 2.76 bits per heavy atom. The standard InChI is InChI=1S/C24H19ClN4O3S/c25-18-8-7-16(29(31)32)12-20(18)27-23(30)22-21(26)17-11-15-10-14(13-4-2-1-3-5-13)6-9-19(15)28-24(17)33-22/h1-5,7-8,11-12,14H,6,9-10,26H2,(H,27,30). The van der Waals surface area contributed by atoms with Crippen molar-refractivity contribution in [1.82, 2.24) is 4.98 Å². The molecule has 0 radical (unpaired) electrons. The number of anilines is 2. The van der Waals surface area contributed by atoms with E-state index in [-0.39, 0.29) is 16.4 Å². The number of aromatic nitrogens is 1. The Hall–Kier alpha value is -3.49. The number of carbonyl (C=O) groups is 1. The molecule has 1 aliphatic carbocycles. The van der Waals surface area contributed by atoms with Crippen LogP contribution in [-0.4, -0.2) is 15.8 Å². The van der Waals surface area contributed by atoms with Crippen LogP contribution >= 0.6 is 22.9 Å². The first-order valence-corrected chi connectivity index (χ1v) is 11.6. The van der Waals surface area contributed by atoms with Crippen molar-refractivity contribution in [2.45, 2.75) is 25.2 Å². The van der Waals surface area contributed by atoms with Crippen LogP contribution in [0, 0.1) is 10.1 Å². The normalized spacial score (nSPS) is 15.2. The molecule has 4 aromatic rings. The Kier molecular flexibility index (Phi) is 5.47. The fraction of sp³-hybridized carbons (Fsp3) is 0.167. The number of benzene rings is 2. The molecule has 166 valence electrons. The molecule has 9 heteroatoms. The molecule has 2 heterocycles. The van der Waals surface area contributed by atoms with Crippen LogP contribution in [0.25, 0.3) is 10.2 Å². The monoisotopic (exact) mass is 478 g/mol. The number of hydrogen-bond acceptors (Lipinski definition) is 6. The Morgan fingerprint density at radius 2 is 2.00 bits per heavy atom. The molecule has 0 aliphatic heterocycles. The van der Waals surface area contributed by atoms with Gasteiger partial charge in [0, 0.05) is 23.2 Å². The molecule has 0 fully saturated rings. The summed E-state index contributed by atoms with van der Waals surface area (Å²) in [6.45, 7) is 0. The van der Waals surface area contributed by atoms with Gasteiger partial charge in [-0.1, -0.05) is 41.9 Å². The Balaban J connectivity index is 1.45. The largest absolute Gasteiger partial charge is 0.397 e. The second-order valence-electron chi connectivity index (χ2n) is 8.02. The van der Waals surface area contributed by atoms with Crippen LogP contribution in [0.1, 0.15) is 38.8 Å². The van der Waals surface area contributed by atoms with E-state index < -0.39 is 10.8 Å². The van der Waals surface area contributed by atoms with E-state index in [2.05, 4.69) is 35.6 Å². The van der Waals surface area contributed by atoms with Gasteiger partial charge in [0.05, 0.1) is 21.3 Å². The van der Waals surface area contributed by atoms with Crippen molar-refractivity contribution in [2.24, 2.45) is 0 Å². The van der Waals surface area contributed by atoms with Crippen molar-refractivity contribution in [3.05, 3.63) is 91.4 Å². The lowest BCUT2D eigenvalue weighted by Gasteiger charge is -2.24. The van der Waals surface area contributed by atoms with Crippen molar-refractivity contribution in [2.75, 3.05) is 11.1 Å². The SMILES string of the molecule is Nc1c(C(=O)Nc2cc([N+](=O)[O-])ccc2Cl)sc2nc3c(cc12)CC(c1ccccc1)CC3. The summed E-state index contributed by atoms with van der Waals surface area (Å²) < 4.78 is 0. The summed E-state index contributed by atoms with van der Waals surface area (Å²) in [5.41, 5.74) is 10.2. The minimum atomic E-state index is -0.545. The summed E-state index contributed by atoms with van der Waals surface area (Å²) in [6, 6.07) is 16.4. The lowest BCUT2D eigenvalue weighted by Crippen LogP contribution is -2.14. The fourth-order valence-corrected chi connectivity index (χ4v) is 5.43. The molecule has 0 saturated heterocycles. The van der Waals surface area contributed by atoms with E-state index in [1.165, 1.54) is 35.1 Å². The summed E-state index contributed by atoms with van der Waals surface area (Å²) in [7, 11) is 0. The maximum Gasteiger partial charge on any atom is 0.271 e. The van der Waals surface area contributed by atoms with E-state index in [9.17, 15) is 14.9 Å². The predicted octanol–water partition coefficient (Wildman–Crippen LogP) is 5.96. The molecule has 33 heavy (non-hydrogen) atoms. The first-order valence-electron chi connectivity index (χ1n) is 10.4. The first kappa shape index (κ1) is 21.4. The van der Waals surface area contributed by atoms with Crippen LogP contribution in [-0.2, 0) is 12.8 Å². The van der Waals surface area contributed by atoms with Gasteiger partial charge < -0.3 is 11.1 Å². The minimum absolute atomic E-state index is 0.158. The third-order valence-electron chi connectivity index (χ3n) is 5.97. The highest BCUT2D eigenvalue weighted by molar-refractivity contribution is 7.21. The first-order chi connectivity index (χ1) is 15.9. The number of pyridine rings is 1. The van der Waals surface area contributed by atoms with E-state index in [0.717, 1.165) is 35.9 Å². The average molecular weight is 479 g/mol. The van der Waals surface area contributed by atoms with Crippen LogP contribution in [0.2, 0.25) is 5.02 Å². The van der Waals surface area contributed by atoms with Gasteiger partial charge >= 0.3 is 0 Å². The molecule has 1 aliphatic rings. The number of nitrogens with zero attached hydrogens (tertiary/aromatic N) is 2. The quantitative estimate of drug-likeness (QED) is 0.277. The van der Waals surface area contributed by atoms with E-state index in [4.69, 9.17) is 22.3 Å². The van der Waals surface area contributed by atoms with Gasteiger partial charge in [-0.2, -0.15) is 0 Å². The van der Waals surface area contributed by atoms with Crippen LogP contribution in [0.3, 0.4) is 0 Å². The minimum Gasteiger partial charge on any atom is -0.397 e. The number of hydrogen-bond donors (Lipinski definition) is 2. The zero-order chi connectivity index (χ0) is 23.1. The number of carbonyl (C=O) groups excluding carboxylic acids is 1. The number of rotatable bonds is 4. The van der Waals surface area contributed by atoms with Gasteiger partial charge in [-0.05, 0) is 48.4 Å². The second kappa shape index (κ2) is 8.46. The van der Waals surface area contributed by atoms with Gasteiger partial charge in [-0.25, -0.2) is 4.98 Å². The molecule has 2 aromatic heterocycles. The number of amides is 1. The number of nitrogens with one attached hydrogen (secondary N) is 1. The highest BCUT2D eigenvalue weighted by Gasteiger charge is 2.25.